The van der Waals surface area contributed by atoms with Crippen molar-refractivity contribution >= 4 is 5.91 Å². The van der Waals surface area contributed by atoms with Crippen LogP contribution in [0.3, 0.4) is 0 Å². The molecule has 0 heterocycles. The number of hydrogen-bond donors (Lipinski definition) is 1. The van der Waals surface area contributed by atoms with Gasteiger partial charge < -0.3 is 5.32 Å². The Balaban J connectivity index is 2.15. The maximum absolute atomic E-state index is 13.6. The van der Waals surface area contributed by atoms with Crippen LogP contribution in [0, 0.1) is 17.0 Å². The zero-order chi connectivity index (χ0) is 14.0. The minimum atomic E-state index is -1.08. The zero-order valence-corrected chi connectivity index (χ0v) is 11.3. The summed E-state index contributed by atoms with van der Waals surface area (Å²) in [5.74, 6) is -2.60. The molecule has 4 heteroatoms. The molecule has 19 heavy (non-hydrogen) atoms. The molecule has 0 spiro atoms. The predicted octanol–water partition coefficient (Wildman–Crippen LogP) is 3.66. The van der Waals surface area contributed by atoms with E-state index in [4.69, 9.17) is 0 Å². The summed E-state index contributed by atoms with van der Waals surface area (Å²) >= 11 is 0. The van der Waals surface area contributed by atoms with Crippen LogP contribution in [0.2, 0.25) is 0 Å². The van der Waals surface area contributed by atoms with Gasteiger partial charge in [-0.3, -0.25) is 4.79 Å². The molecule has 1 aromatic carbocycles. The second kappa shape index (κ2) is 5.27. The van der Waals surface area contributed by atoms with Gasteiger partial charge in [-0.25, -0.2) is 8.78 Å². The van der Waals surface area contributed by atoms with E-state index in [1.165, 1.54) is 12.1 Å². The predicted molar refractivity (Wildman–Crippen MR) is 69.9 cm³/mol. The number of amides is 1. The van der Waals surface area contributed by atoms with Crippen LogP contribution in [0.15, 0.2) is 18.2 Å². The van der Waals surface area contributed by atoms with Gasteiger partial charge in [0.2, 0.25) is 0 Å². The van der Waals surface area contributed by atoms with Crippen LogP contribution in [-0.4, -0.2) is 11.9 Å². The highest BCUT2D eigenvalue weighted by atomic mass is 19.2. The van der Waals surface area contributed by atoms with Crippen molar-refractivity contribution in [2.45, 2.75) is 45.6 Å². The highest BCUT2D eigenvalue weighted by Gasteiger charge is 2.33. The maximum atomic E-state index is 13.6. The number of carbonyl (C=O) groups is 1. The molecule has 0 aromatic heterocycles. The Bertz CT molecular complexity index is 485. The van der Waals surface area contributed by atoms with Gasteiger partial charge in [0.15, 0.2) is 11.6 Å². The monoisotopic (exact) mass is 267 g/mol. The molecule has 2 nitrogen and oxygen atoms in total. The van der Waals surface area contributed by atoms with Crippen molar-refractivity contribution in [3.8, 4) is 0 Å². The van der Waals surface area contributed by atoms with E-state index in [2.05, 4.69) is 19.2 Å². The van der Waals surface area contributed by atoms with Crippen LogP contribution in [0.5, 0.6) is 0 Å². The number of halogens is 2. The van der Waals surface area contributed by atoms with Crippen LogP contribution < -0.4 is 5.32 Å². The van der Waals surface area contributed by atoms with E-state index in [0.29, 0.717) is 0 Å². The summed E-state index contributed by atoms with van der Waals surface area (Å²) < 4.78 is 26.7. The molecule has 1 saturated carbocycles. The van der Waals surface area contributed by atoms with Gasteiger partial charge in [0.05, 0.1) is 5.56 Å². The maximum Gasteiger partial charge on any atom is 0.254 e. The number of nitrogens with one attached hydrogen (secondary N) is 1. The van der Waals surface area contributed by atoms with Crippen molar-refractivity contribution in [3.05, 3.63) is 35.4 Å². The zero-order valence-electron chi connectivity index (χ0n) is 11.3. The van der Waals surface area contributed by atoms with Crippen molar-refractivity contribution in [3.63, 3.8) is 0 Å². The Labute approximate surface area is 112 Å². The van der Waals surface area contributed by atoms with Crippen LogP contribution in [-0.2, 0) is 0 Å². The van der Waals surface area contributed by atoms with E-state index in [-0.39, 0.29) is 17.0 Å². The Morgan fingerprint density at radius 3 is 2.74 bits per heavy atom. The van der Waals surface area contributed by atoms with Gasteiger partial charge in [0, 0.05) is 6.04 Å². The molecule has 0 aliphatic heterocycles. The average Bonchev–Trinajstić information content (AvgIpc) is 2.35. The van der Waals surface area contributed by atoms with Crippen LogP contribution in [0.4, 0.5) is 8.78 Å². The van der Waals surface area contributed by atoms with E-state index in [1.54, 1.807) is 0 Å². The van der Waals surface area contributed by atoms with Gasteiger partial charge in [-0.2, -0.15) is 0 Å². The third-order valence-corrected chi connectivity index (χ3v) is 4.01. The summed E-state index contributed by atoms with van der Waals surface area (Å²) in [6, 6.07) is 3.68. The van der Waals surface area contributed by atoms with Crippen molar-refractivity contribution in [2.75, 3.05) is 0 Å². The summed E-state index contributed by atoms with van der Waals surface area (Å²) in [5.41, 5.74) is -0.223. The average molecular weight is 267 g/mol. The lowest BCUT2D eigenvalue weighted by molar-refractivity contribution is 0.0848. The van der Waals surface area contributed by atoms with Crippen LogP contribution in [0.25, 0.3) is 0 Å². The lowest BCUT2D eigenvalue weighted by Crippen LogP contribution is -2.47. The molecular formula is C15H19F2NO. The molecule has 1 N–H and O–H groups in total. The van der Waals surface area contributed by atoms with Crippen molar-refractivity contribution in [1.82, 2.24) is 5.32 Å². The quantitative estimate of drug-likeness (QED) is 0.870. The van der Waals surface area contributed by atoms with Crippen LogP contribution >= 0.6 is 0 Å². The fourth-order valence-electron chi connectivity index (χ4n) is 2.68. The summed E-state index contributed by atoms with van der Waals surface area (Å²) in [6.07, 6.45) is 4.12. The molecule has 1 aliphatic carbocycles. The Morgan fingerprint density at radius 2 is 2.05 bits per heavy atom. The molecule has 0 radical (unpaired) electrons. The lowest BCUT2D eigenvalue weighted by Gasteiger charge is -2.39. The molecule has 1 atom stereocenters. The molecule has 1 unspecified atom stereocenters. The SMILES string of the molecule is CC1(C)CCCCC1NC(=O)c1cccc(F)c1F. The second-order valence-electron chi connectivity index (χ2n) is 5.86. The Kier molecular flexibility index (Phi) is 3.88. The molecule has 1 amide bonds. The fourth-order valence-corrected chi connectivity index (χ4v) is 2.68. The second-order valence-corrected chi connectivity index (χ2v) is 5.86. The minimum Gasteiger partial charge on any atom is -0.349 e. The van der Waals surface area contributed by atoms with Gasteiger partial charge in [-0.1, -0.05) is 32.8 Å². The standard InChI is InChI=1S/C15H19F2NO/c1-15(2)9-4-3-8-12(15)18-14(19)10-6-5-7-11(16)13(10)17/h5-7,12H,3-4,8-9H2,1-2H3,(H,18,19). The fraction of sp³-hybridized carbons (Fsp3) is 0.533. The molecule has 104 valence electrons. The number of carbonyl (C=O) groups excluding carboxylic acids is 1. The first kappa shape index (κ1) is 14.0. The summed E-state index contributed by atoms with van der Waals surface area (Å²) in [4.78, 5) is 12.1. The van der Waals surface area contributed by atoms with Gasteiger partial charge in [-0.05, 0) is 30.4 Å². The Hall–Kier alpha value is -1.45. The molecule has 0 saturated heterocycles. The third-order valence-electron chi connectivity index (χ3n) is 4.01. The largest absolute Gasteiger partial charge is 0.349 e. The molecule has 1 fully saturated rings. The van der Waals surface area contributed by atoms with Gasteiger partial charge in [0.25, 0.3) is 5.91 Å². The number of benzene rings is 1. The van der Waals surface area contributed by atoms with Gasteiger partial charge in [0.1, 0.15) is 0 Å². The highest BCUT2D eigenvalue weighted by molar-refractivity contribution is 5.94. The topological polar surface area (TPSA) is 29.1 Å². The number of rotatable bonds is 2. The van der Waals surface area contributed by atoms with Gasteiger partial charge >= 0.3 is 0 Å². The van der Waals surface area contributed by atoms with E-state index in [9.17, 15) is 13.6 Å². The van der Waals surface area contributed by atoms with Crippen LogP contribution in [0.1, 0.15) is 49.9 Å². The van der Waals surface area contributed by atoms with E-state index >= 15 is 0 Å². The summed E-state index contributed by atoms with van der Waals surface area (Å²) in [7, 11) is 0. The first-order valence-electron chi connectivity index (χ1n) is 6.67. The van der Waals surface area contributed by atoms with Crippen molar-refractivity contribution < 1.29 is 13.6 Å². The molecule has 2 rings (SSSR count). The number of hydrogen-bond acceptors (Lipinski definition) is 1. The first-order valence-corrected chi connectivity index (χ1v) is 6.67. The smallest absolute Gasteiger partial charge is 0.254 e. The normalized spacial score (nSPS) is 22.0. The summed E-state index contributed by atoms with van der Waals surface area (Å²) in [5, 5.41) is 2.85. The molecule has 1 aromatic rings. The molecule has 0 bridgehead atoms. The Morgan fingerprint density at radius 1 is 1.32 bits per heavy atom. The van der Waals surface area contributed by atoms with Crippen molar-refractivity contribution in [1.29, 1.82) is 0 Å². The minimum absolute atomic E-state index is 0.00227. The first-order chi connectivity index (χ1) is 8.92. The molecular weight excluding hydrogens is 248 g/mol. The third kappa shape index (κ3) is 2.94. The van der Waals surface area contributed by atoms with E-state index in [0.717, 1.165) is 31.7 Å². The van der Waals surface area contributed by atoms with Crippen molar-refractivity contribution in [2.24, 2.45) is 5.41 Å². The van der Waals surface area contributed by atoms with E-state index in [1.807, 2.05) is 0 Å². The summed E-state index contributed by atoms with van der Waals surface area (Å²) in [6.45, 7) is 4.19. The highest BCUT2D eigenvalue weighted by Crippen LogP contribution is 2.35. The van der Waals surface area contributed by atoms with E-state index < -0.39 is 17.5 Å². The lowest BCUT2D eigenvalue weighted by atomic mass is 9.73. The van der Waals surface area contributed by atoms with Gasteiger partial charge in [-0.15, -0.1) is 0 Å². The molecule has 1 aliphatic rings.